The maximum atomic E-state index is 13.0. The highest BCUT2D eigenvalue weighted by Crippen LogP contribution is 2.38. The zero-order chi connectivity index (χ0) is 25.7. The van der Waals surface area contributed by atoms with Gasteiger partial charge in [-0.2, -0.15) is 0 Å². The number of carbonyl (C=O) groups excluding carboxylic acids is 3. The van der Waals surface area contributed by atoms with Gasteiger partial charge in [0.1, 0.15) is 12.4 Å². The van der Waals surface area contributed by atoms with Gasteiger partial charge in [0.25, 0.3) is 11.1 Å². The molecule has 1 fully saturated rings. The molecule has 0 aromatic heterocycles. The largest absolute Gasteiger partial charge is 0.493 e. The Morgan fingerprint density at radius 2 is 1.83 bits per heavy atom. The predicted octanol–water partition coefficient (Wildman–Crippen LogP) is 5.99. The van der Waals surface area contributed by atoms with E-state index in [-0.39, 0.29) is 40.1 Å². The van der Waals surface area contributed by atoms with Crippen molar-refractivity contribution >= 4 is 46.6 Å². The number of ether oxygens (including phenoxy) is 3. The summed E-state index contributed by atoms with van der Waals surface area (Å²) < 4.78 is 16.7. The molecule has 184 valence electrons. The van der Waals surface area contributed by atoms with Crippen LogP contribution in [0.5, 0.6) is 17.2 Å². The lowest BCUT2D eigenvalue weighted by Crippen LogP contribution is -2.32. The molecule has 0 atom stereocenters. The molecule has 1 aliphatic heterocycles. The molecule has 0 aliphatic carbocycles. The lowest BCUT2D eigenvalue weighted by atomic mass is 10.1. The molecule has 2 amide bonds. The van der Waals surface area contributed by atoms with Gasteiger partial charge in [-0.15, -0.1) is 0 Å². The highest BCUT2D eigenvalue weighted by molar-refractivity contribution is 8.18. The topological polar surface area (TPSA) is 82.1 Å². The van der Waals surface area contributed by atoms with Crippen LogP contribution in [0.2, 0.25) is 5.02 Å². The number of hydrogen-bond acceptors (Lipinski definition) is 7. The van der Waals surface area contributed by atoms with Gasteiger partial charge in [0.15, 0.2) is 11.5 Å². The van der Waals surface area contributed by atoms with Gasteiger partial charge in [0.2, 0.25) is 0 Å². The van der Waals surface area contributed by atoms with Crippen LogP contribution in [0.15, 0.2) is 71.6 Å². The quantitative estimate of drug-likeness (QED) is 0.204. The van der Waals surface area contributed by atoms with E-state index < -0.39 is 17.1 Å². The molecule has 1 heterocycles. The van der Waals surface area contributed by atoms with Gasteiger partial charge in [-0.1, -0.05) is 48.0 Å². The Bertz CT molecular complexity index is 1360. The van der Waals surface area contributed by atoms with Crippen molar-refractivity contribution in [3.05, 3.63) is 93.3 Å². The zero-order valence-corrected chi connectivity index (χ0v) is 21.1. The predicted molar refractivity (Wildman–Crippen MR) is 139 cm³/mol. The number of aryl methyl sites for hydroxylation is 1. The van der Waals surface area contributed by atoms with Gasteiger partial charge in [-0.25, -0.2) is 4.79 Å². The number of nitrogens with zero attached hydrogens (tertiary/aromatic N) is 1. The first-order chi connectivity index (χ1) is 17.4. The van der Waals surface area contributed by atoms with Gasteiger partial charge >= 0.3 is 5.97 Å². The number of hydrogen-bond donors (Lipinski definition) is 0. The normalized spacial score (nSPS) is 14.3. The Morgan fingerprint density at radius 1 is 1.06 bits per heavy atom. The fourth-order valence-corrected chi connectivity index (χ4v) is 4.55. The van der Waals surface area contributed by atoms with E-state index in [1.54, 1.807) is 42.5 Å². The Morgan fingerprint density at radius 3 is 2.58 bits per heavy atom. The van der Waals surface area contributed by atoms with Crippen molar-refractivity contribution in [2.24, 2.45) is 0 Å². The van der Waals surface area contributed by atoms with Crippen molar-refractivity contribution in [2.75, 3.05) is 20.3 Å². The second-order valence-electron chi connectivity index (χ2n) is 7.75. The summed E-state index contributed by atoms with van der Waals surface area (Å²) in [6.45, 7) is 2.21. The Kier molecular flexibility index (Phi) is 7.97. The molecule has 4 rings (SSSR count). The van der Waals surface area contributed by atoms with Gasteiger partial charge < -0.3 is 14.2 Å². The maximum absolute atomic E-state index is 13.0. The van der Waals surface area contributed by atoms with Crippen LogP contribution >= 0.6 is 23.4 Å². The van der Waals surface area contributed by atoms with Crippen molar-refractivity contribution in [3.63, 3.8) is 0 Å². The highest BCUT2D eigenvalue weighted by Gasteiger charge is 2.35. The summed E-state index contributed by atoms with van der Waals surface area (Å²) in [6, 6.07) is 19.0. The number of para-hydroxylation sites is 1. The van der Waals surface area contributed by atoms with Crippen molar-refractivity contribution in [2.45, 2.75) is 6.92 Å². The number of methoxy groups -OCH3 is 1. The van der Waals surface area contributed by atoms with E-state index in [0.29, 0.717) is 11.3 Å². The number of benzene rings is 3. The van der Waals surface area contributed by atoms with E-state index in [1.807, 2.05) is 31.2 Å². The molecular formula is C27H22ClNO6S. The molecule has 7 nitrogen and oxygen atoms in total. The second kappa shape index (κ2) is 11.3. The van der Waals surface area contributed by atoms with Gasteiger partial charge in [0.05, 0.1) is 29.1 Å². The van der Waals surface area contributed by atoms with Crippen LogP contribution < -0.4 is 14.2 Å². The fourth-order valence-electron chi connectivity index (χ4n) is 3.48. The first-order valence-corrected chi connectivity index (χ1v) is 12.2. The van der Waals surface area contributed by atoms with E-state index in [1.165, 1.54) is 13.2 Å². The third-order valence-corrected chi connectivity index (χ3v) is 6.49. The van der Waals surface area contributed by atoms with Crippen LogP contribution in [0.4, 0.5) is 4.79 Å². The molecule has 1 aliphatic rings. The first-order valence-electron chi connectivity index (χ1n) is 11.0. The Labute approximate surface area is 217 Å². The van der Waals surface area contributed by atoms with Crippen LogP contribution in [-0.2, 0) is 4.79 Å². The van der Waals surface area contributed by atoms with Gasteiger partial charge in [0, 0.05) is 5.56 Å². The molecule has 0 radical (unpaired) electrons. The van der Waals surface area contributed by atoms with Gasteiger partial charge in [-0.05, 0) is 60.7 Å². The molecule has 0 spiro atoms. The van der Waals surface area contributed by atoms with E-state index in [9.17, 15) is 14.4 Å². The number of thioether (sulfide) groups is 1. The molecule has 36 heavy (non-hydrogen) atoms. The minimum absolute atomic E-state index is 0.0996. The molecule has 3 aromatic carbocycles. The molecule has 1 saturated heterocycles. The van der Waals surface area contributed by atoms with E-state index in [4.69, 9.17) is 25.8 Å². The number of imide groups is 1. The second-order valence-corrected chi connectivity index (χ2v) is 9.15. The molecule has 3 aromatic rings. The van der Waals surface area contributed by atoms with Crippen LogP contribution in [0, 0.1) is 6.92 Å². The smallest absolute Gasteiger partial charge is 0.345 e. The summed E-state index contributed by atoms with van der Waals surface area (Å²) in [7, 11) is 1.44. The number of carbonyl (C=O) groups is 3. The number of amides is 2. The van der Waals surface area contributed by atoms with E-state index in [0.717, 1.165) is 22.2 Å². The van der Waals surface area contributed by atoms with E-state index in [2.05, 4.69) is 0 Å². The number of halogens is 1. The summed E-state index contributed by atoms with van der Waals surface area (Å²) in [6.07, 6.45) is 1.50. The Balaban J connectivity index is 1.52. The zero-order valence-electron chi connectivity index (χ0n) is 19.5. The van der Waals surface area contributed by atoms with Crippen LogP contribution in [0.3, 0.4) is 0 Å². The maximum Gasteiger partial charge on any atom is 0.345 e. The Hall–Kier alpha value is -3.75. The third-order valence-electron chi connectivity index (χ3n) is 5.25. The molecular weight excluding hydrogens is 502 g/mol. The van der Waals surface area contributed by atoms with E-state index >= 15 is 0 Å². The summed E-state index contributed by atoms with van der Waals surface area (Å²) in [4.78, 5) is 39.6. The highest BCUT2D eigenvalue weighted by atomic mass is 35.5. The van der Waals surface area contributed by atoms with Crippen molar-refractivity contribution in [1.29, 1.82) is 0 Å². The molecule has 0 unspecified atom stereocenters. The minimum Gasteiger partial charge on any atom is -0.493 e. The summed E-state index contributed by atoms with van der Waals surface area (Å²) in [5, 5.41) is -0.162. The summed E-state index contributed by atoms with van der Waals surface area (Å²) in [5.41, 5.74) is 1.63. The molecule has 0 bridgehead atoms. The molecule has 9 heteroatoms. The first kappa shape index (κ1) is 25.3. The minimum atomic E-state index is -0.679. The summed E-state index contributed by atoms with van der Waals surface area (Å²) >= 11 is 6.94. The average Bonchev–Trinajstić information content (AvgIpc) is 3.12. The molecule has 0 saturated carbocycles. The standard InChI is InChI=1S/C27H22ClNO6S/c1-17-7-5-9-19(15-17)34-14-13-29-25(30)23(36-27(29)32)16-18-8-6-12-22(33-2)24(18)35-26(31)20-10-3-4-11-21(20)28/h3-12,15-16H,13-14H2,1-2H3/b23-16-. The van der Waals surface area contributed by atoms with Crippen LogP contribution in [0.25, 0.3) is 6.08 Å². The SMILES string of the molecule is COc1cccc(/C=C2\SC(=O)N(CCOc3cccc(C)c3)C2=O)c1OC(=O)c1ccccc1Cl. The lowest BCUT2D eigenvalue weighted by molar-refractivity contribution is -0.123. The third kappa shape index (κ3) is 5.72. The van der Waals surface area contributed by atoms with Crippen molar-refractivity contribution in [1.82, 2.24) is 4.90 Å². The fraction of sp³-hybridized carbons (Fsp3) is 0.148. The molecule has 0 N–H and O–H groups in total. The van der Waals surface area contributed by atoms with Crippen molar-refractivity contribution < 1.29 is 28.6 Å². The van der Waals surface area contributed by atoms with Gasteiger partial charge in [-0.3, -0.25) is 14.5 Å². The number of rotatable bonds is 8. The van der Waals surface area contributed by atoms with Crippen LogP contribution in [-0.4, -0.2) is 42.3 Å². The van der Waals surface area contributed by atoms with Crippen LogP contribution in [0.1, 0.15) is 21.5 Å². The average molecular weight is 524 g/mol. The monoisotopic (exact) mass is 523 g/mol. The lowest BCUT2D eigenvalue weighted by Gasteiger charge is -2.14. The summed E-state index contributed by atoms with van der Waals surface area (Å²) in [5.74, 6) is -0.0708. The number of esters is 1. The van der Waals surface area contributed by atoms with Crippen molar-refractivity contribution in [3.8, 4) is 17.2 Å².